The number of nitrogens with zero attached hydrogens (tertiary/aromatic N) is 3. The van der Waals surface area contributed by atoms with Gasteiger partial charge in [0.05, 0.1) is 30.7 Å². The summed E-state index contributed by atoms with van der Waals surface area (Å²) in [6, 6.07) is 6.42. The first-order chi connectivity index (χ1) is 15.5. The third-order valence-corrected chi connectivity index (χ3v) is 4.48. The van der Waals surface area contributed by atoms with Crippen LogP contribution in [0, 0.1) is 11.6 Å². The summed E-state index contributed by atoms with van der Waals surface area (Å²) < 4.78 is 45.1. The fraction of sp³-hybridized carbons (Fsp3) is 0.0909. The van der Waals surface area contributed by atoms with E-state index in [-0.39, 0.29) is 22.7 Å². The fourth-order valence-corrected chi connectivity index (χ4v) is 2.97. The number of nitrogens with one attached hydrogen (secondary N) is 1. The molecule has 0 aliphatic carbocycles. The molecule has 4 rings (SSSR count). The molecule has 0 aliphatic rings. The number of anilines is 1. The van der Waals surface area contributed by atoms with Crippen molar-refractivity contribution in [3.8, 4) is 23.1 Å². The van der Waals surface area contributed by atoms with Gasteiger partial charge in [0.15, 0.2) is 17.4 Å². The van der Waals surface area contributed by atoms with Gasteiger partial charge in [0.1, 0.15) is 11.5 Å². The van der Waals surface area contributed by atoms with Crippen LogP contribution in [0.5, 0.6) is 23.1 Å². The third-order valence-electron chi connectivity index (χ3n) is 4.48. The minimum atomic E-state index is -1.01. The Labute approximate surface area is 180 Å². The lowest BCUT2D eigenvalue weighted by molar-refractivity contribution is 0.102. The number of halogens is 2. The first-order valence-electron chi connectivity index (χ1n) is 9.25. The number of rotatable bonds is 6. The van der Waals surface area contributed by atoms with E-state index in [9.17, 15) is 13.6 Å². The monoisotopic (exact) mass is 438 g/mol. The molecule has 32 heavy (non-hydrogen) atoms. The molecule has 0 radical (unpaired) electrons. The van der Waals surface area contributed by atoms with E-state index in [0.29, 0.717) is 16.8 Å². The molecule has 0 spiro atoms. The molecule has 0 atom stereocenters. The maximum Gasteiger partial charge on any atom is 0.261 e. The highest BCUT2D eigenvalue weighted by molar-refractivity contribution is 6.06. The molecular formula is C22H16F2N4O4. The van der Waals surface area contributed by atoms with Crippen molar-refractivity contribution in [2.75, 3.05) is 19.5 Å². The van der Waals surface area contributed by atoms with E-state index >= 15 is 0 Å². The molecule has 4 aromatic rings. The van der Waals surface area contributed by atoms with E-state index in [1.54, 1.807) is 6.07 Å². The quantitative estimate of drug-likeness (QED) is 0.478. The second kappa shape index (κ2) is 8.80. The number of carbonyl (C=O) groups is 1. The fourth-order valence-electron chi connectivity index (χ4n) is 2.97. The summed E-state index contributed by atoms with van der Waals surface area (Å²) in [5.74, 6) is -2.53. The average Bonchev–Trinajstić information content (AvgIpc) is 2.81. The number of methoxy groups -OCH3 is 2. The molecule has 0 unspecified atom stereocenters. The van der Waals surface area contributed by atoms with Gasteiger partial charge in [-0.2, -0.15) is 0 Å². The van der Waals surface area contributed by atoms with Gasteiger partial charge in [-0.1, -0.05) is 0 Å². The van der Waals surface area contributed by atoms with Crippen molar-refractivity contribution in [1.29, 1.82) is 0 Å². The lowest BCUT2D eigenvalue weighted by Crippen LogP contribution is -2.14. The zero-order chi connectivity index (χ0) is 22.7. The van der Waals surface area contributed by atoms with Crippen LogP contribution >= 0.6 is 0 Å². The zero-order valence-electron chi connectivity index (χ0n) is 16.9. The van der Waals surface area contributed by atoms with Crippen LogP contribution in [-0.2, 0) is 0 Å². The largest absolute Gasteiger partial charge is 0.496 e. The molecule has 0 saturated heterocycles. The average molecular weight is 438 g/mol. The summed E-state index contributed by atoms with van der Waals surface area (Å²) in [4.78, 5) is 24.6. The zero-order valence-corrected chi connectivity index (χ0v) is 16.9. The Balaban J connectivity index is 1.61. The first kappa shape index (κ1) is 20.9. The van der Waals surface area contributed by atoms with E-state index in [4.69, 9.17) is 14.2 Å². The summed E-state index contributed by atoms with van der Waals surface area (Å²) in [6.07, 6.45) is 5.61. The molecule has 0 fully saturated rings. The Hall–Kier alpha value is -4.34. The molecule has 0 aliphatic heterocycles. The van der Waals surface area contributed by atoms with Crippen LogP contribution in [0.15, 0.2) is 55.1 Å². The van der Waals surface area contributed by atoms with Gasteiger partial charge in [0.2, 0.25) is 5.88 Å². The maximum atomic E-state index is 14.7. The summed E-state index contributed by atoms with van der Waals surface area (Å²) in [6.45, 7) is 0. The molecular weight excluding hydrogens is 422 g/mol. The maximum absolute atomic E-state index is 14.7. The number of benzene rings is 1. The summed E-state index contributed by atoms with van der Waals surface area (Å²) in [5.41, 5.74) is 0.487. The Morgan fingerprint density at radius 3 is 2.41 bits per heavy atom. The molecule has 1 amide bonds. The van der Waals surface area contributed by atoms with Crippen LogP contribution in [0.25, 0.3) is 10.9 Å². The lowest BCUT2D eigenvalue weighted by Gasteiger charge is -2.13. The molecule has 0 saturated carbocycles. The highest BCUT2D eigenvalue weighted by atomic mass is 19.1. The topological polar surface area (TPSA) is 95.5 Å². The Kier molecular flexibility index (Phi) is 5.75. The smallest absolute Gasteiger partial charge is 0.261 e. The van der Waals surface area contributed by atoms with Crippen molar-refractivity contribution in [2.24, 2.45) is 0 Å². The van der Waals surface area contributed by atoms with E-state index in [2.05, 4.69) is 20.3 Å². The number of pyridine rings is 3. The molecule has 8 nitrogen and oxygen atoms in total. The van der Waals surface area contributed by atoms with Crippen LogP contribution in [0.4, 0.5) is 14.5 Å². The standard InChI is InChI=1S/C22H16F2N4O4/c1-30-18-3-5-25-10-14(18)22(29)28-12-7-15(23)21(16(24)8-12)32-19-4-6-26-17-9-20(31-2)27-11-13(17)19/h3-11H,1-2H3,(H,28,29). The minimum Gasteiger partial charge on any atom is -0.496 e. The molecule has 162 valence electrons. The summed E-state index contributed by atoms with van der Waals surface area (Å²) >= 11 is 0. The molecule has 1 aromatic carbocycles. The molecule has 3 aromatic heterocycles. The Bertz CT molecular complexity index is 1290. The van der Waals surface area contributed by atoms with Crippen molar-refractivity contribution in [3.63, 3.8) is 0 Å². The van der Waals surface area contributed by atoms with Gasteiger partial charge in [0.25, 0.3) is 5.91 Å². The number of ether oxygens (including phenoxy) is 3. The predicted molar refractivity (Wildman–Crippen MR) is 111 cm³/mol. The lowest BCUT2D eigenvalue weighted by atomic mass is 10.2. The second-order valence-electron chi connectivity index (χ2n) is 6.45. The van der Waals surface area contributed by atoms with E-state index in [1.165, 1.54) is 51.1 Å². The molecule has 10 heteroatoms. The Morgan fingerprint density at radius 2 is 1.69 bits per heavy atom. The van der Waals surface area contributed by atoms with Crippen LogP contribution < -0.4 is 19.5 Å². The highest BCUT2D eigenvalue weighted by Crippen LogP contribution is 2.34. The van der Waals surface area contributed by atoms with Crippen LogP contribution in [-0.4, -0.2) is 35.1 Å². The van der Waals surface area contributed by atoms with Crippen LogP contribution in [0.2, 0.25) is 0 Å². The van der Waals surface area contributed by atoms with Gasteiger partial charge in [-0.25, -0.2) is 13.8 Å². The van der Waals surface area contributed by atoms with Crippen molar-refractivity contribution < 1.29 is 27.8 Å². The molecule has 0 bridgehead atoms. The van der Waals surface area contributed by atoms with Gasteiger partial charge in [-0.15, -0.1) is 0 Å². The van der Waals surface area contributed by atoms with Crippen molar-refractivity contribution in [1.82, 2.24) is 15.0 Å². The van der Waals surface area contributed by atoms with Gasteiger partial charge < -0.3 is 19.5 Å². The van der Waals surface area contributed by atoms with Gasteiger partial charge in [-0.3, -0.25) is 14.8 Å². The third kappa shape index (κ3) is 4.10. The first-order valence-corrected chi connectivity index (χ1v) is 9.25. The number of amides is 1. The number of aromatic nitrogens is 3. The number of fused-ring (bicyclic) bond motifs is 1. The second-order valence-corrected chi connectivity index (χ2v) is 6.45. The molecule has 3 heterocycles. The van der Waals surface area contributed by atoms with E-state index in [0.717, 1.165) is 12.1 Å². The number of hydrogen-bond acceptors (Lipinski definition) is 7. The number of hydrogen-bond donors (Lipinski definition) is 1. The van der Waals surface area contributed by atoms with Crippen molar-refractivity contribution in [3.05, 3.63) is 72.3 Å². The summed E-state index contributed by atoms with van der Waals surface area (Å²) in [7, 11) is 2.86. The predicted octanol–water partition coefficient (Wildman–Crippen LogP) is 4.36. The van der Waals surface area contributed by atoms with Crippen LogP contribution in [0.3, 0.4) is 0 Å². The Morgan fingerprint density at radius 1 is 0.938 bits per heavy atom. The van der Waals surface area contributed by atoms with Gasteiger partial charge >= 0.3 is 0 Å². The highest BCUT2D eigenvalue weighted by Gasteiger charge is 2.18. The van der Waals surface area contributed by atoms with E-state index in [1.807, 2.05) is 0 Å². The minimum absolute atomic E-state index is 0.103. The SMILES string of the molecule is COc1cc2nccc(Oc3c(F)cc(NC(=O)c4cnccc4OC)cc3F)c2cn1. The van der Waals surface area contributed by atoms with Crippen molar-refractivity contribution >= 4 is 22.5 Å². The van der Waals surface area contributed by atoms with Crippen molar-refractivity contribution in [2.45, 2.75) is 0 Å². The van der Waals surface area contributed by atoms with Crippen LogP contribution in [0.1, 0.15) is 10.4 Å². The number of carbonyl (C=O) groups excluding carboxylic acids is 1. The van der Waals surface area contributed by atoms with Gasteiger partial charge in [0, 0.05) is 48.7 Å². The van der Waals surface area contributed by atoms with E-state index < -0.39 is 23.3 Å². The molecule has 1 N–H and O–H groups in total. The normalized spacial score (nSPS) is 10.6. The summed E-state index contributed by atoms with van der Waals surface area (Å²) in [5, 5.41) is 2.86. The van der Waals surface area contributed by atoms with Gasteiger partial charge in [-0.05, 0) is 12.1 Å².